The van der Waals surface area contributed by atoms with Gasteiger partial charge in [0.1, 0.15) is 13.2 Å². The minimum absolute atomic E-state index is 0.108. The molecular formula is C63H106O6. The molecule has 0 aromatic heterocycles. The monoisotopic (exact) mass is 959 g/mol. The highest BCUT2D eigenvalue weighted by Crippen LogP contribution is 2.14. The van der Waals surface area contributed by atoms with E-state index >= 15 is 0 Å². The molecule has 0 aliphatic rings. The van der Waals surface area contributed by atoms with Gasteiger partial charge in [0, 0.05) is 19.3 Å². The van der Waals surface area contributed by atoms with Gasteiger partial charge in [0.2, 0.25) is 0 Å². The Morgan fingerprint density at radius 3 is 0.971 bits per heavy atom. The van der Waals surface area contributed by atoms with Gasteiger partial charge in [-0.3, -0.25) is 14.4 Å². The second-order valence-electron chi connectivity index (χ2n) is 18.8. The standard InChI is InChI=1S/C63H106O6/c1-4-7-10-13-16-19-22-25-28-31-33-35-38-41-44-47-50-53-56-62(65)68-59-60(58-67-61(64)55-52-49-46-43-40-37-34-30-27-24-21-18-15-12-9-6-3)69-63(66)57-54-51-48-45-42-39-36-32-29-26-23-20-17-14-11-8-5-2/h9,12,17-18,20-21,26-27,29-30,33,35-36,39,45,48,60H,4-8,10-11,13-16,19,22-25,28,31-32,34,37-38,40-44,46-47,49-59H2,1-3H3/b12-9-,20-17-,21-18-,29-26-,30-27-,35-33-,39-36-,48-45-. The summed E-state index contributed by atoms with van der Waals surface area (Å²) >= 11 is 0. The predicted octanol–water partition coefficient (Wildman–Crippen LogP) is 19.3. The van der Waals surface area contributed by atoms with E-state index in [-0.39, 0.29) is 37.5 Å². The van der Waals surface area contributed by atoms with E-state index in [1.807, 2.05) is 0 Å². The van der Waals surface area contributed by atoms with Crippen molar-refractivity contribution in [2.75, 3.05) is 13.2 Å². The van der Waals surface area contributed by atoms with E-state index in [9.17, 15) is 14.4 Å². The van der Waals surface area contributed by atoms with Crippen LogP contribution in [0.3, 0.4) is 0 Å². The Morgan fingerprint density at radius 1 is 0.304 bits per heavy atom. The number of carbonyl (C=O) groups is 3. The van der Waals surface area contributed by atoms with E-state index in [1.54, 1.807) is 0 Å². The zero-order chi connectivity index (χ0) is 50.0. The molecule has 0 saturated heterocycles. The first-order chi connectivity index (χ1) is 34.0. The summed E-state index contributed by atoms with van der Waals surface area (Å²) in [6.07, 6.45) is 75.4. The number of unbranched alkanes of at least 4 members (excludes halogenated alkanes) is 24. The molecule has 0 bridgehead atoms. The summed E-state index contributed by atoms with van der Waals surface area (Å²) in [5.74, 6) is -0.983. The lowest BCUT2D eigenvalue weighted by molar-refractivity contribution is -0.167. The highest BCUT2D eigenvalue weighted by molar-refractivity contribution is 5.71. The predicted molar refractivity (Wildman–Crippen MR) is 297 cm³/mol. The molecule has 0 fully saturated rings. The van der Waals surface area contributed by atoms with Gasteiger partial charge in [0.25, 0.3) is 0 Å². The molecule has 0 amide bonds. The topological polar surface area (TPSA) is 78.9 Å². The quantitative estimate of drug-likeness (QED) is 0.0262. The molecule has 1 atom stereocenters. The van der Waals surface area contributed by atoms with Crippen LogP contribution in [0.15, 0.2) is 97.2 Å². The second-order valence-corrected chi connectivity index (χ2v) is 18.8. The first-order valence-electron chi connectivity index (χ1n) is 28.7. The fourth-order valence-corrected chi connectivity index (χ4v) is 7.74. The molecule has 0 rings (SSSR count). The van der Waals surface area contributed by atoms with Gasteiger partial charge in [0.15, 0.2) is 6.10 Å². The molecule has 394 valence electrons. The van der Waals surface area contributed by atoms with Crippen molar-refractivity contribution in [1.29, 1.82) is 0 Å². The molecule has 1 unspecified atom stereocenters. The Balaban J connectivity index is 4.50. The third-order valence-electron chi connectivity index (χ3n) is 12.0. The maximum atomic E-state index is 12.8. The van der Waals surface area contributed by atoms with Gasteiger partial charge in [-0.05, 0) is 116 Å². The van der Waals surface area contributed by atoms with Gasteiger partial charge >= 0.3 is 17.9 Å². The van der Waals surface area contributed by atoms with E-state index < -0.39 is 6.10 Å². The normalized spacial score (nSPS) is 12.8. The van der Waals surface area contributed by atoms with Crippen molar-refractivity contribution in [3.05, 3.63) is 97.2 Å². The lowest BCUT2D eigenvalue weighted by Crippen LogP contribution is -2.30. The molecule has 6 nitrogen and oxygen atoms in total. The highest BCUT2D eigenvalue weighted by Gasteiger charge is 2.19. The van der Waals surface area contributed by atoms with E-state index in [0.717, 1.165) is 109 Å². The molecule has 0 N–H and O–H groups in total. The number of rotatable bonds is 51. The van der Waals surface area contributed by atoms with E-state index in [2.05, 4.69) is 118 Å². The fourth-order valence-electron chi connectivity index (χ4n) is 7.74. The largest absolute Gasteiger partial charge is 0.462 e. The number of hydrogen-bond donors (Lipinski definition) is 0. The number of esters is 3. The van der Waals surface area contributed by atoms with Crippen LogP contribution in [0.5, 0.6) is 0 Å². The van der Waals surface area contributed by atoms with Crippen molar-refractivity contribution in [2.45, 2.75) is 271 Å². The van der Waals surface area contributed by atoms with Crippen molar-refractivity contribution >= 4 is 17.9 Å². The zero-order valence-electron chi connectivity index (χ0n) is 45.0. The smallest absolute Gasteiger partial charge is 0.306 e. The van der Waals surface area contributed by atoms with Gasteiger partial charge < -0.3 is 14.2 Å². The van der Waals surface area contributed by atoms with Gasteiger partial charge in [-0.15, -0.1) is 0 Å². The number of ether oxygens (including phenoxy) is 3. The van der Waals surface area contributed by atoms with Crippen molar-refractivity contribution in [2.24, 2.45) is 0 Å². The van der Waals surface area contributed by atoms with Crippen molar-refractivity contribution in [3.63, 3.8) is 0 Å². The Bertz CT molecular complexity index is 1380. The summed E-state index contributed by atoms with van der Waals surface area (Å²) in [5, 5.41) is 0. The Labute approximate surface area is 426 Å². The van der Waals surface area contributed by atoms with Crippen LogP contribution in [0.1, 0.15) is 265 Å². The fraction of sp³-hybridized carbons (Fsp3) is 0.698. The molecule has 6 heteroatoms. The highest BCUT2D eigenvalue weighted by atomic mass is 16.6. The van der Waals surface area contributed by atoms with Crippen LogP contribution in [0.2, 0.25) is 0 Å². The molecule has 0 spiro atoms. The van der Waals surface area contributed by atoms with Gasteiger partial charge in [0.05, 0.1) is 0 Å². The van der Waals surface area contributed by atoms with Crippen LogP contribution in [0.25, 0.3) is 0 Å². The summed E-state index contributed by atoms with van der Waals surface area (Å²) in [5.41, 5.74) is 0. The van der Waals surface area contributed by atoms with E-state index in [1.165, 1.54) is 109 Å². The lowest BCUT2D eigenvalue weighted by Gasteiger charge is -2.18. The van der Waals surface area contributed by atoms with Crippen LogP contribution < -0.4 is 0 Å². The first kappa shape index (κ1) is 65.3. The van der Waals surface area contributed by atoms with E-state index in [0.29, 0.717) is 19.3 Å². The second kappa shape index (κ2) is 56.9. The van der Waals surface area contributed by atoms with Crippen molar-refractivity contribution in [3.8, 4) is 0 Å². The molecular weight excluding hydrogens is 853 g/mol. The number of carbonyl (C=O) groups excluding carboxylic acids is 3. The molecule has 0 aliphatic carbocycles. The summed E-state index contributed by atoms with van der Waals surface area (Å²) in [7, 11) is 0. The Hall–Kier alpha value is -3.67. The molecule has 0 heterocycles. The van der Waals surface area contributed by atoms with Crippen LogP contribution in [0.4, 0.5) is 0 Å². The summed E-state index contributed by atoms with van der Waals surface area (Å²) < 4.78 is 16.8. The summed E-state index contributed by atoms with van der Waals surface area (Å²) in [6.45, 7) is 6.45. The first-order valence-corrected chi connectivity index (χ1v) is 28.7. The maximum Gasteiger partial charge on any atom is 0.306 e. The molecule has 0 saturated carbocycles. The molecule has 69 heavy (non-hydrogen) atoms. The molecule has 0 aromatic rings. The van der Waals surface area contributed by atoms with Gasteiger partial charge in [-0.2, -0.15) is 0 Å². The maximum absolute atomic E-state index is 12.8. The minimum Gasteiger partial charge on any atom is -0.462 e. The summed E-state index contributed by atoms with van der Waals surface area (Å²) in [6, 6.07) is 0. The SMILES string of the molecule is CC/C=C\C/C=C\C/C=C\CCCCCCCCC(=O)OCC(COC(=O)CCCCCCC/C=C\CCCCCCCCCCC)OC(=O)CCC/C=C\C/C=C\C/C=C\C/C=C\CCCCC. The zero-order valence-corrected chi connectivity index (χ0v) is 45.0. The summed E-state index contributed by atoms with van der Waals surface area (Å²) in [4.78, 5) is 38.1. The molecule has 0 radical (unpaired) electrons. The third kappa shape index (κ3) is 55.1. The minimum atomic E-state index is -0.816. The lowest BCUT2D eigenvalue weighted by atomic mass is 10.1. The van der Waals surface area contributed by atoms with Crippen LogP contribution in [-0.2, 0) is 28.6 Å². The number of allylic oxidation sites excluding steroid dienone is 16. The van der Waals surface area contributed by atoms with Crippen LogP contribution >= 0.6 is 0 Å². The van der Waals surface area contributed by atoms with Crippen LogP contribution in [0, 0.1) is 0 Å². The van der Waals surface area contributed by atoms with E-state index in [4.69, 9.17) is 14.2 Å². The third-order valence-corrected chi connectivity index (χ3v) is 12.0. The Morgan fingerprint density at radius 2 is 0.580 bits per heavy atom. The molecule has 0 aliphatic heterocycles. The van der Waals surface area contributed by atoms with Gasteiger partial charge in [-0.25, -0.2) is 0 Å². The van der Waals surface area contributed by atoms with Crippen molar-refractivity contribution < 1.29 is 28.6 Å². The van der Waals surface area contributed by atoms with Crippen molar-refractivity contribution in [1.82, 2.24) is 0 Å². The average Bonchev–Trinajstić information content (AvgIpc) is 3.35. The Kier molecular flexibility index (Phi) is 53.9. The van der Waals surface area contributed by atoms with Gasteiger partial charge in [-0.1, -0.05) is 227 Å². The molecule has 0 aromatic carbocycles. The number of hydrogen-bond acceptors (Lipinski definition) is 6. The van der Waals surface area contributed by atoms with Crippen LogP contribution in [-0.4, -0.2) is 37.2 Å². The average molecular weight is 960 g/mol.